The molecule has 0 saturated carbocycles. The predicted octanol–water partition coefficient (Wildman–Crippen LogP) is 3.14. The lowest BCUT2D eigenvalue weighted by molar-refractivity contribution is 0.0952. The monoisotopic (exact) mass is 431 g/mol. The van der Waals surface area contributed by atoms with Crippen LogP contribution < -0.4 is 10.0 Å². The van der Waals surface area contributed by atoms with Gasteiger partial charge in [0.2, 0.25) is 10.0 Å². The molecule has 2 aromatic carbocycles. The number of rotatable bonds is 9. The average molecular weight is 432 g/mol. The van der Waals surface area contributed by atoms with E-state index >= 15 is 0 Å². The van der Waals surface area contributed by atoms with Gasteiger partial charge in [0.05, 0.1) is 4.90 Å². The predicted molar refractivity (Wildman–Crippen MR) is 121 cm³/mol. The number of benzene rings is 2. The van der Waals surface area contributed by atoms with E-state index in [9.17, 15) is 13.2 Å². The molecule has 0 aromatic heterocycles. The molecular formula is C23H33N3O3S. The lowest BCUT2D eigenvalue weighted by Gasteiger charge is -2.19. The van der Waals surface area contributed by atoms with Crippen LogP contribution >= 0.6 is 0 Å². The normalized spacial score (nSPS) is 12.2. The van der Waals surface area contributed by atoms with Crippen LogP contribution in [0.4, 0.5) is 0 Å². The van der Waals surface area contributed by atoms with Gasteiger partial charge in [0.1, 0.15) is 0 Å². The van der Waals surface area contributed by atoms with Gasteiger partial charge in [0.25, 0.3) is 5.91 Å². The minimum absolute atomic E-state index is 0.0316. The van der Waals surface area contributed by atoms with Gasteiger partial charge in [-0.2, -0.15) is 0 Å². The second-order valence-electron chi connectivity index (χ2n) is 8.71. The van der Waals surface area contributed by atoms with Crippen LogP contribution in [0.15, 0.2) is 53.4 Å². The van der Waals surface area contributed by atoms with E-state index in [1.165, 1.54) is 0 Å². The molecule has 0 aliphatic heterocycles. The first kappa shape index (κ1) is 24.1. The summed E-state index contributed by atoms with van der Waals surface area (Å²) in [6, 6.07) is 13.9. The number of carbonyl (C=O) groups excluding carboxylic acids is 1. The van der Waals surface area contributed by atoms with Crippen LogP contribution in [0.3, 0.4) is 0 Å². The van der Waals surface area contributed by atoms with E-state index < -0.39 is 10.0 Å². The van der Waals surface area contributed by atoms with E-state index in [4.69, 9.17) is 0 Å². The Hall–Kier alpha value is -2.22. The summed E-state index contributed by atoms with van der Waals surface area (Å²) in [6.07, 6.45) is 0.884. The van der Waals surface area contributed by atoms with E-state index in [0.29, 0.717) is 12.1 Å². The molecule has 0 aliphatic rings. The summed E-state index contributed by atoms with van der Waals surface area (Å²) in [6.45, 7) is 7.95. The first-order valence-corrected chi connectivity index (χ1v) is 11.6. The van der Waals surface area contributed by atoms with Crippen molar-refractivity contribution < 1.29 is 13.2 Å². The zero-order valence-electron chi connectivity index (χ0n) is 18.5. The Morgan fingerprint density at radius 1 is 0.967 bits per heavy atom. The highest BCUT2D eigenvalue weighted by atomic mass is 32.2. The molecular weight excluding hydrogens is 398 g/mol. The summed E-state index contributed by atoms with van der Waals surface area (Å²) < 4.78 is 27.7. The van der Waals surface area contributed by atoms with E-state index in [1.54, 1.807) is 36.4 Å². The second-order valence-corrected chi connectivity index (χ2v) is 10.5. The maximum atomic E-state index is 12.6. The highest BCUT2D eigenvalue weighted by molar-refractivity contribution is 7.89. The molecule has 0 saturated heterocycles. The Morgan fingerprint density at radius 3 is 2.10 bits per heavy atom. The van der Waals surface area contributed by atoms with Gasteiger partial charge in [-0.3, -0.25) is 4.79 Å². The topological polar surface area (TPSA) is 78.5 Å². The quantitative estimate of drug-likeness (QED) is 0.598. The number of hydrogen-bond acceptors (Lipinski definition) is 4. The third-order valence-corrected chi connectivity index (χ3v) is 6.20. The maximum absolute atomic E-state index is 12.6. The summed E-state index contributed by atoms with van der Waals surface area (Å²) in [5.74, 6) is -0.125. The van der Waals surface area contributed by atoms with Gasteiger partial charge in [0.15, 0.2) is 0 Å². The number of amides is 1. The van der Waals surface area contributed by atoms with Crippen LogP contribution in [-0.2, 0) is 22.0 Å². The maximum Gasteiger partial charge on any atom is 0.251 e. The molecule has 0 heterocycles. The average Bonchev–Trinajstić information content (AvgIpc) is 2.69. The Morgan fingerprint density at radius 2 is 1.57 bits per heavy atom. The van der Waals surface area contributed by atoms with Crippen molar-refractivity contribution >= 4 is 15.9 Å². The van der Waals surface area contributed by atoms with E-state index in [1.807, 2.05) is 26.2 Å². The van der Waals surface area contributed by atoms with Crippen molar-refractivity contribution in [3.05, 3.63) is 65.2 Å². The lowest BCUT2D eigenvalue weighted by atomic mass is 9.87. The van der Waals surface area contributed by atoms with Gasteiger partial charge >= 0.3 is 0 Å². The van der Waals surface area contributed by atoms with Crippen molar-refractivity contribution in [2.75, 3.05) is 27.2 Å². The Kier molecular flexibility index (Phi) is 8.18. The van der Waals surface area contributed by atoms with Crippen LogP contribution in [0.5, 0.6) is 0 Å². The van der Waals surface area contributed by atoms with Crippen molar-refractivity contribution in [1.82, 2.24) is 14.9 Å². The molecule has 0 unspecified atom stereocenters. The second kappa shape index (κ2) is 10.2. The summed E-state index contributed by atoms with van der Waals surface area (Å²) >= 11 is 0. The zero-order chi connectivity index (χ0) is 22.4. The van der Waals surface area contributed by atoms with Crippen LogP contribution in [0.25, 0.3) is 0 Å². The molecule has 2 N–H and O–H groups in total. The van der Waals surface area contributed by atoms with Crippen molar-refractivity contribution in [2.24, 2.45) is 0 Å². The molecule has 1 amide bonds. The zero-order valence-corrected chi connectivity index (χ0v) is 19.3. The van der Waals surface area contributed by atoms with Gasteiger partial charge in [-0.1, -0.05) is 45.0 Å². The van der Waals surface area contributed by atoms with Crippen LogP contribution in [-0.4, -0.2) is 46.4 Å². The summed E-state index contributed by atoms with van der Waals surface area (Å²) in [5.41, 5.74) is 2.39. The number of hydrogen-bond donors (Lipinski definition) is 2. The molecule has 0 radical (unpaired) electrons. The minimum atomic E-state index is -3.60. The highest BCUT2D eigenvalue weighted by Gasteiger charge is 2.17. The molecule has 0 spiro atoms. The van der Waals surface area contributed by atoms with Gasteiger partial charge < -0.3 is 10.2 Å². The molecule has 164 valence electrons. The van der Waals surface area contributed by atoms with E-state index in [2.05, 4.69) is 35.7 Å². The summed E-state index contributed by atoms with van der Waals surface area (Å²) in [7, 11) is 0.389. The van der Waals surface area contributed by atoms with Crippen molar-refractivity contribution in [3.63, 3.8) is 0 Å². The number of carbonyl (C=O) groups is 1. The Bertz CT molecular complexity index is 929. The van der Waals surface area contributed by atoms with Crippen LogP contribution in [0.1, 0.15) is 48.7 Å². The van der Waals surface area contributed by atoms with E-state index in [-0.39, 0.29) is 22.8 Å². The van der Waals surface area contributed by atoms with Crippen LogP contribution in [0.2, 0.25) is 0 Å². The molecule has 0 atom stereocenters. The molecule has 30 heavy (non-hydrogen) atoms. The molecule has 2 aromatic rings. The fraction of sp³-hybridized carbons (Fsp3) is 0.435. The fourth-order valence-electron chi connectivity index (χ4n) is 2.87. The number of nitrogens with zero attached hydrogens (tertiary/aromatic N) is 1. The smallest absolute Gasteiger partial charge is 0.251 e. The standard InChI is InChI=1S/C23H33N3O3S/c1-23(2,3)20-11-13-21(14-12-20)30(28,29)25-17-18-7-9-19(10-8-18)22(27)24-15-6-16-26(4)5/h7-14,25H,6,15-17H2,1-5H3,(H,24,27). The molecule has 6 nitrogen and oxygen atoms in total. The van der Waals surface area contributed by atoms with Gasteiger partial charge in [-0.15, -0.1) is 0 Å². The highest BCUT2D eigenvalue weighted by Crippen LogP contribution is 2.23. The molecule has 2 rings (SSSR count). The Balaban J connectivity index is 1.91. The molecule has 0 fully saturated rings. The fourth-order valence-corrected chi connectivity index (χ4v) is 3.89. The van der Waals surface area contributed by atoms with Gasteiger partial charge in [-0.25, -0.2) is 13.1 Å². The largest absolute Gasteiger partial charge is 0.352 e. The summed E-state index contributed by atoms with van der Waals surface area (Å²) in [5, 5.41) is 2.89. The van der Waals surface area contributed by atoms with Gasteiger partial charge in [0, 0.05) is 18.7 Å². The van der Waals surface area contributed by atoms with Crippen molar-refractivity contribution in [2.45, 2.75) is 44.0 Å². The third kappa shape index (κ3) is 7.23. The van der Waals surface area contributed by atoms with Gasteiger partial charge in [-0.05, 0) is 67.9 Å². The number of nitrogens with one attached hydrogen (secondary N) is 2. The SMILES string of the molecule is CN(C)CCCNC(=O)c1ccc(CNS(=O)(=O)c2ccc(C(C)(C)C)cc2)cc1. The molecule has 0 bridgehead atoms. The van der Waals surface area contributed by atoms with Crippen LogP contribution in [0, 0.1) is 0 Å². The lowest BCUT2D eigenvalue weighted by Crippen LogP contribution is -2.27. The molecule has 7 heteroatoms. The Labute approximate surface area is 180 Å². The first-order chi connectivity index (χ1) is 14.0. The van der Waals surface area contributed by atoms with Crippen molar-refractivity contribution in [3.8, 4) is 0 Å². The molecule has 0 aliphatic carbocycles. The first-order valence-electron chi connectivity index (χ1n) is 10.1. The minimum Gasteiger partial charge on any atom is -0.352 e. The third-order valence-electron chi connectivity index (χ3n) is 4.78. The summed E-state index contributed by atoms with van der Waals surface area (Å²) in [4.78, 5) is 14.5. The number of sulfonamides is 1. The van der Waals surface area contributed by atoms with Crippen molar-refractivity contribution in [1.29, 1.82) is 0 Å². The van der Waals surface area contributed by atoms with E-state index in [0.717, 1.165) is 24.1 Å².